The maximum absolute atomic E-state index is 12.5. The standard InChI is InChI=1S/C17H32N4O6/c1-8(2)6-11(17(26)27)19-16(25)13(9(3)4)21-15(24)12(7-22)20-14(23)10(5)18/h8-13,22H,6-7,18H2,1-5H3,(H,19,25)(H,20,23)(H,21,24)(H,26,27). The lowest BCUT2D eigenvalue weighted by molar-refractivity contribution is -0.143. The number of aliphatic hydroxyl groups excluding tert-OH is 1. The molecular weight excluding hydrogens is 356 g/mol. The van der Waals surface area contributed by atoms with Crippen molar-refractivity contribution in [2.75, 3.05) is 6.61 Å². The number of nitrogens with one attached hydrogen (secondary N) is 3. The molecule has 0 aliphatic carbocycles. The molecule has 4 atom stereocenters. The third-order valence-corrected chi connectivity index (χ3v) is 3.80. The van der Waals surface area contributed by atoms with Gasteiger partial charge in [-0.2, -0.15) is 0 Å². The molecule has 0 saturated heterocycles. The molecule has 0 aromatic heterocycles. The number of carbonyl (C=O) groups is 4. The lowest BCUT2D eigenvalue weighted by Gasteiger charge is -2.26. The van der Waals surface area contributed by atoms with E-state index in [1.165, 1.54) is 6.92 Å². The Morgan fingerprint density at radius 3 is 1.74 bits per heavy atom. The predicted molar refractivity (Wildman–Crippen MR) is 98.5 cm³/mol. The summed E-state index contributed by atoms with van der Waals surface area (Å²) in [6.07, 6.45) is 0.240. The Morgan fingerprint density at radius 2 is 1.37 bits per heavy atom. The van der Waals surface area contributed by atoms with Crippen LogP contribution in [0.1, 0.15) is 41.0 Å². The average Bonchev–Trinajstić information content (AvgIpc) is 2.55. The largest absolute Gasteiger partial charge is 0.480 e. The number of carboxylic acid groups (broad SMARTS) is 1. The van der Waals surface area contributed by atoms with E-state index < -0.39 is 54.5 Å². The fourth-order valence-electron chi connectivity index (χ4n) is 2.24. The lowest BCUT2D eigenvalue weighted by atomic mass is 10.00. The monoisotopic (exact) mass is 388 g/mol. The van der Waals surface area contributed by atoms with E-state index in [2.05, 4.69) is 16.0 Å². The molecule has 0 aromatic carbocycles. The summed E-state index contributed by atoms with van der Waals surface area (Å²) in [7, 11) is 0. The van der Waals surface area contributed by atoms with Gasteiger partial charge < -0.3 is 31.9 Å². The molecule has 7 N–H and O–H groups in total. The molecule has 0 rings (SSSR count). The average molecular weight is 388 g/mol. The first kappa shape index (κ1) is 24.8. The summed E-state index contributed by atoms with van der Waals surface area (Å²) in [6, 6.07) is -4.26. The van der Waals surface area contributed by atoms with Crippen LogP contribution in [0.15, 0.2) is 0 Å². The first-order chi connectivity index (χ1) is 12.4. The molecule has 0 radical (unpaired) electrons. The minimum atomic E-state index is -1.27. The highest BCUT2D eigenvalue weighted by Gasteiger charge is 2.31. The van der Waals surface area contributed by atoms with Crippen molar-refractivity contribution < 1.29 is 29.4 Å². The van der Waals surface area contributed by atoms with E-state index in [1.807, 2.05) is 13.8 Å². The molecule has 156 valence electrons. The number of carbonyl (C=O) groups excluding carboxylic acids is 3. The summed E-state index contributed by atoms with van der Waals surface area (Å²) in [5.74, 6) is -3.52. The van der Waals surface area contributed by atoms with Crippen LogP contribution in [0.3, 0.4) is 0 Å². The smallest absolute Gasteiger partial charge is 0.326 e. The molecule has 0 fully saturated rings. The predicted octanol–water partition coefficient (Wildman–Crippen LogP) is -1.43. The molecule has 0 aliphatic heterocycles. The van der Waals surface area contributed by atoms with Gasteiger partial charge in [-0.1, -0.05) is 27.7 Å². The van der Waals surface area contributed by atoms with Crippen molar-refractivity contribution in [3.05, 3.63) is 0 Å². The molecule has 10 heteroatoms. The second kappa shape index (κ2) is 11.5. The maximum Gasteiger partial charge on any atom is 0.326 e. The van der Waals surface area contributed by atoms with Gasteiger partial charge in [-0.25, -0.2) is 4.79 Å². The topological polar surface area (TPSA) is 171 Å². The summed E-state index contributed by atoms with van der Waals surface area (Å²) in [4.78, 5) is 47.8. The second-order valence-electron chi connectivity index (χ2n) is 7.29. The Balaban J connectivity index is 5.14. The minimum absolute atomic E-state index is 0.0470. The van der Waals surface area contributed by atoms with Crippen LogP contribution < -0.4 is 21.7 Å². The Kier molecular flexibility index (Phi) is 10.6. The van der Waals surface area contributed by atoms with Crippen molar-refractivity contribution in [3.63, 3.8) is 0 Å². The van der Waals surface area contributed by atoms with E-state index in [1.54, 1.807) is 13.8 Å². The van der Waals surface area contributed by atoms with Crippen molar-refractivity contribution in [1.29, 1.82) is 0 Å². The number of hydrogen-bond acceptors (Lipinski definition) is 6. The van der Waals surface area contributed by atoms with Crippen LogP contribution in [0.5, 0.6) is 0 Å². The molecule has 0 bridgehead atoms. The molecule has 10 nitrogen and oxygen atoms in total. The van der Waals surface area contributed by atoms with E-state index in [0.717, 1.165) is 0 Å². The van der Waals surface area contributed by atoms with E-state index in [9.17, 15) is 29.4 Å². The highest BCUT2D eigenvalue weighted by molar-refractivity contribution is 5.94. The molecule has 3 amide bonds. The summed E-state index contributed by atoms with van der Waals surface area (Å²) in [5, 5.41) is 25.8. The summed E-state index contributed by atoms with van der Waals surface area (Å²) in [5.41, 5.74) is 5.41. The van der Waals surface area contributed by atoms with Crippen LogP contribution in [0.25, 0.3) is 0 Å². The molecule has 0 aromatic rings. The highest BCUT2D eigenvalue weighted by atomic mass is 16.4. The van der Waals surface area contributed by atoms with Gasteiger partial charge >= 0.3 is 5.97 Å². The maximum atomic E-state index is 12.5. The number of aliphatic hydroxyl groups is 1. The molecule has 27 heavy (non-hydrogen) atoms. The van der Waals surface area contributed by atoms with Crippen LogP contribution in [0, 0.1) is 11.8 Å². The van der Waals surface area contributed by atoms with Gasteiger partial charge in [-0.15, -0.1) is 0 Å². The quantitative estimate of drug-likeness (QED) is 0.252. The summed E-state index contributed by atoms with van der Waals surface area (Å²) in [6.45, 7) is 7.76. The fraction of sp³-hybridized carbons (Fsp3) is 0.765. The van der Waals surface area contributed by atoms with Crippen molar-refractivity contribution in [3.8, 4) is 0 Å². The third kappa shape index (κ3) is 8.83. The highest BCUT2D eigenvalue weighted by Crippen LogP contribution is 2.08. The zero-order valence-electron chi connectivity index (χ0n) is 16.5. The zero-order valence-corrected chi connectivity index (χ0v) is 16.5. The number of carboxylic acids is 1. The number of hydrogen-bond donors (Lipinski definition) is 6. The Hall–Kier alpha value is -2.20. The number of rotatable bonds is 11. The van der Waals surface area contributed by atoms with Crippen molar-refractivity contribution in [2.45, 2.75) is 65.2 Å². The minimum Gasteiger partial charge on any atom is -0.480 e. The molecule has 0 aliphatic rings. The Morgan fingerprint density at radius 1 is 0.852 bits per heavy atom. The van der Waals surface area contributed by atoms with Gasteiger partial charge in [0.1, 0.15) is 18.1 Å². The normalized spacial score (nSPS) is 15.6. The fourth-order valence-corrected chi connectivity index (χ4v) is 2.24. The number of amides is 3. The molecule has 0 saturated carbocycles. The first-order valence-corrected chi connectivity index (χ1v) is 8.91. The van der Waals surface area contributed by atoms with Gasteiger partial charge in [0.05, 0.1) is 12.6 Å². The van der Waals surface area contributed by atoms with Crippen molar-refractivity contribution in [1.82, 2.24) is 16.0 Å². The second-order valence-corrected chi connectivity index (χ2v) is 7.29. The van der Waals surface area contributed by atoms with Crippen LogP contribution in [0.2, 0.25) is 0 Å². The van der Waals surface area contributed by atoms with Crippen LogP contribution >= 0.6 is 0 Å². The van der Waals surface area contributed by atoms with Gasteiger partial charge in [-0.3, -0.25) is 14.4 Å². The SMILES string of the molecule is CC(C)CC(NC(=O)C(NC(=O)C(CO)NC(=O)C(C)N)C(C)C)C(=O)O. The first-order valence-electron chi connectivity index (χ1n) is 8.91. The lowest BCUT2D eigenvalue weighted by Crippen LogP contribution is -2.59. The summed E-state index contributed by atoms with van der Waals surface area (Å²) >= 11 is 0. The van der Waals surface area contributed by atoms with Gasteiger partial charge in [0, 0.05) is 0 Å². The van der Waals surface area contributed by atoms with Gasteiger partial charge in [-0.05, 0) is 25.2 Å². The molecule has 4 unspecified atom stereocenters. The van der Waals surface area contributed by atoms with Gasteiger partial charge in [0.2, 0.25) is 17.7 Å². The Labute approximate surface area is 159 Å². The van der Waals surface area contributed by atoms with Gasteiger partial charge in [0.25, 0.3) is 0 Å². The number of aliphatic carboxylic acids is 1. The van der Waals surface area contributed by atoms with Crippen LogP contribution in [-0.2, 0) is 19.2 Å². The van der Waals surface area contributed by atoms with Crippen molar-refractivity contribution >= 4 is 23.7 Å². The zero-order chi connectivity index (χ0) is 21.3. The van der Waals surface area contributed by atoms with Crippen molar-refractivity contribution in [2.24, 2.45) is 17.6 Å². The van der Waals surface area contributed by atoms with E-state index >= 15 is 0 Å². The molecular formula is C17H32N4O6. The van der Waals surface area contributed by atoms with Crippen LogP contribution in [0.4, 0.5) is 0 Å². The number of nitrogens with two attached hydrogens (primary N) is 1. The summed E-state index contributed by atoms with van der Waals surface area (Å²) < 4.78 is 0. The van der Waals surface area contributed by atoms with E-state index in [-0.39, 0.29) is 18.3 Å². The molecule has 0 spiro atoms. The Bertz CT molecular complexity index is 536. The third-order valence-electron chi connectivity index (χ3n) is 3.80. The van der Waals surface area contributed by atoms with E-state index in [0.29, 0.717) is 0 Å². The van der Waals surface area contributed by atoms with Crippen LogP contribution in [-0.4, -0.2) is 64.7 Å². The van der Waals surface area contributed by atoms with E-state index in [4.69, 9.17) is 5.73 Å². The molecule has 0 heterocycles. The van der Waals surface area contributed by atoms with Gasteiger partial charge in [0.15, 0.2) is 0 Å².